The third-order valence-electron chi connectivity index (χ3n) is 3.75. The normalized spacial score (nSPS) is 10.8. The fourth-order valence-electron chi connectivity index (χ4n) is 2.55. The Balaban J connectivity index is 2.11. The summed E-state index contributed by atoms with van der Waals surface area (Å²) in [5, 5.41) is 9.18. The molecule has 1 aromatic heterocycles. The predicted molar refractivity (Wildman–Crippen MR) is 98.7 cm³/mol. The Kier molecular flexibility index (Phi) is 6.85. The highest BCUT2D eigenvalue weighted by Crippen LogP contribution is 2.22. The standard InChI is InChI=1S/C18H26N4OS/c1-5-11-21(12-6-2)17(23)13-24-18-20-19-15(4)22(18)16-9-7-14(3)8-10-16/h7-10H,5-6,11-13H2,1-4H3. The maximum Gasteiger partial charge on any atom is 0.233 e. The van der Waals surface area contributed by atoms with Crippen molar-refractivity contribution in [2.24, 2.45) is 0 Å². The van der Waals surface area contributed by atoms with Crippen molar-refractivity contribution in [1.82, 2.24) is 19.7 Å². The van der Waals surface area contributed by atoms with Crippen LogP contribution < -0.4 is 0 Å². The van der Waals surface area contributed by atoms with E-state index < -0.39 is 0 Å². The molecular weight excluding hydrogens is 320 g/mol. The van der Waals surface area contributed by atoms with E-state index in [9.17, 15) is 4.79 Å². The summed E-state index contributed by atoms with van der Waals surface area (Å²) in [6, 6.07) is 8.24. The molecule has 0 saturated carbocycles. The number of aryl methyl sites for hydroxylation is 2. The van der Waals surface area contributed by atoms with Crippen molar-refractivity contribution in [1.29, 1.82) is 0 Å². The van der Waals surface area contributed by atoms with Crippen molar-refractivity contribution < 1.29 is 4.79 Å². The first kappa shape index (κ1) is 18.5. The molecule has 2 aromatic rings. The van der Waals surface area contributed by atoms with Crippen LogP contribution in [-0.4, -0.2) is 44.4 Å². The van der Waals surface area contributed by atoms with Crippen LogP contribution in [0.4, 0.5) is 0 Å². The van der Waals surface area contributed by atoms with Gasteiger partial charge in [0.2, 0.25) is 5.91 Å². The summed E-state index contributed by atoms with van der Waals surface area (Å²) in [5.41, 5.74) is 2.24. The minimum Gasteiger partial charge on any atom is -0.342 e. The number of hydrogen-bond acceptors (Lipinski definition) is 4. The largest absolute Gasteiger partial charge is 0.342 e. The molecule has 1 heterocycles. The van der Waals surface area contributed by atoms with Crippen molar-refractivity contribution in [3.8, 4) is 5.69 Å². The minimum atomic E-state index is 0.166. The minimum absolute atomic E-state index is 0.166. The van der Waals surface area contributed by atoms with Gasteiger partial charge in [0.15, 0.2) is 5.16 Å². The fraction of sp³-hybridized carbons (Fsp3) is 0.500. The molecule has 0 aliphatic heterocycles. The summed E-state index contributed by atoms with van der Waals surface area (Å²) in [7, 11) is 0. The molecule has 0 N–H and O–H groups in total. The molecule has 0 spiro atoms. The first-order valence-corrected chi connectivity index (χ1v) is 9.45. The van der Waals surface area contributed by atoms with Crippen molar-refractivity contribution in [2.45, 2.75) is 45.7 Å². The summed E-state index contributed by atoms with van der Waals surface area (Å²) < 4.78 is 2.00. The van der Waals surface area contributed by atoms with E-state index >= 15 is 0 Å². The molecule has 2 rings (SSSR count). The van der Waals surface area contributed by atoms with Gasteiger partial charge >= 0.3 is 0 Å². The maximum atomic E-state index is 12.4. The van der Waals surface area contributed by atoms with Crippen LogP contribution in [0.2, 0.25) is 0 Å². The number of rotatable bonds is 8. The molecule has 5 nitrogen and oxygen atoms in total. The van der Waals surface area contributed by atoms with Gasteiger partial charge in [-0.1, -0.05) is 43.3 Å². The summed E-state index contributed by atoms with van der Waals surface area (Å²) >= 11 is 1.45. The van der Waals surface area contributed by atoms with E-state index in [1.807, 2.05) is 16.4 Å². The molecule has 130 valence electrons. The van der Waals surface area contributed by atoms with Crippen LogP contribution in [0.25, 0.3) is 5.69 Å². The van der Waals surface area contributed by atoms with Crippen LogP contribution >= 0.6 is 11.8 Å². The zero-order valence-corrected chi connectivity index (χ0v) is 15.8. The second-order valence-corrected chi connectivity index (χ2v) is 6.81. The van der Waals surface area contributed by atoms with E-state index in [0.717, 1.165) is 42.6 Å². The second kappa shape index (κ2) is 8.87. The molecule has 0 unspecified atom stereocenters. The Bertz CT molecular complexity index is 660. The van der Waals surface area contributed by atoms with E-state index in [1.165, 1.54) is 17.3 Å². The Morgan fingerprint density at radius 3 is 2.29 bits per heavy atom. The highest BCUT2D eigenvalue weighted by molar-refractivity contribution is 7.99. The molecule has 0 aliphatic carbocycles. The van der Waals surface area contributed by atoms with Gasteiger partial charge in [0.25, 0.3) is 0 Å². The number of hydrogen-bond donors (Lipinski definition) is 0. The number of nitrogens with zero attached hydrogens (tertiary/aromatic N) is 4. The average molecular weight is 347 g/mol. The molecule has 1 amide bonds. The molecular formula is C18H26N4OS. The van der Waals surface area contributed by atoms with Crippen LogP contribution in [0.1, 0.15) is 38.1 Å². The van der Waals surface area contributed by atoms with Crippen molar-refractivity contribution >= 4 is 17.7 Å². The molecule has 1 aromatic carbocycles. The van der Waals surface area contributed by atoms with Crippen LogP contribution in [0.3, 0.4) is 0 Å². The molecule has 0 radical (unpaired) electrons. The predicted octanol–water partition coefficient (Wildman–Crippen LogP) is 3.62. The number of carbonyl (C=O) groups excluding carboxylic acids is 1. The number of thioether (sulfide) groups is 1. The zero-order chi connectivity index (χ0) is 17.5. The molecule has 0 atom stereocenters. The van der Waals surface area contributed by atoms with E-state index in [-0.39, 0.29) is 5.91 Å². The van der Waals surface area contributed by atoms with Gasteiger partial charge in [0.05, 0.1) is 5.75 Å². The van der Waals surface area contributed by atoms with E-state index in [0.29, 0.717) is 5.75 Å². The highest BCUT2D eigenvalue weighted by Gasteiger charge is 2.16. The van der Waals surface area contributed by atoms with E-state index in [4.69, 9.17) is 0 Å². The topological polar surface area (TPSA) is 51.0 Å². The molecule has 0 bridgehead atoms. The molecule has 0 saturated heterocycles. The number of amides is 1. The van der Waals surface area contributed by atoms with Crippen LogP contribution in [0.15, 0.2) is 29.4 Å². The Morgan fingerprint density at radius 1 is 1.08 bits per heavy atom. The first-order valence-electron chi connectivity index (χ1n) is 8.46. The SMILES string of the molecule is CCCN(CCC)C(=O)CSc1nnc(C)n1-c1ccc(C)cc1. The molecule has 24 heavy (non-hydrogen) atoms. The van der Waals surface area contributed by atoms with Crippen molar-refractivity contribution in [3.63, 3.8) is 0 Å². The molecule has 6 heteroatoms. The van der Waals surface area contributed by atoms with Crippen molar-refractivity contribution in [2.75, 3.05) is 18.8 Å². The van der Waals surface area contributed by atoms with Gasteiger partial charge in [-0.2, -0.15) is 0 Å². The molecule has 0 aliphatic rings. The lowest BCUT2D eigenvalue weighted by atomic mass is 10.2. The maximum absolute atomic E-state index is 12.4. The van der Waals surface area contributed by atoms with Gasteiger partial charge in [0.1, 0.15) is 5.82 Å². The number of benzene rings is 1. The lowest BCUT2D eigenvalue weighted by Crippen LogP contribution is -2.33. The summed E-state index contributed by atoms with van der Waals surface area (Å²) in [4.78, 5) is 14.4. The monoisotopic (exact) mass is 346 g/mol. The average Bonchev–Trinajstić information content (AvgIpc) is 2.94. The highest BCUT2D eigenvalue weighted by atomic mass is 32.2. The fourth-order valence-corrected chi connectivity index (χ4v) is 3.45. The smallest absolute Gasteiger partial charge is 0.233 e. The third-order valence-corrected chi connectivity index (χ3v) is 4.67. The van der Waals surface area contributed by atoms with E-state index in [2.05, 4.69) is 55.2 Å². The first-order chi connectivity index (χ1) is 11.6. The lowest BCUT2D eigenvalue weighted by molar-refractivity contribution is -0.128. The Morgan fingerprint density at radius 2 is 1.71 bits per heavy atom. The van der Waals surface area contributed by atoms with E-state index in [1.54, 1.807) is 0 Å². The van der Waals surface area contributed by atoms with Crippen LogP contribution in [-0.2, 0) is 4.79 Å². The quantitative estimate of drug-likeness (QED) is 0.685. The van der Waals surface area contributed by atoms with Crippen molar-refractivity contribution in [3.05, 3.63) is 35.7 Å². The third kappa shape index (κ3) is 4.60. The summed E-state index contributed by atoms with van der Waals surface area (Å²) in [6.45, 7) is 9.82. The Labute approximate surface area is 148 Å². The number of carbonyl (C=O) groups is 1. The molecule has 0 fully saturated rings. The van der Waals surface area contributed by atoms with Gasteiger partial charge in [0, 0.05) is 18.8 Å². The van der Waals surface area contributed by atoms with Gasteiger partial charge in [-0.05, 0) is 38.8 Å². The van der Waals surface area contributed by atoms with Gasteiger partial charge in [-0.3, -0.25) is 9.36 Å². The lowest BCUT2D eigenvalue weighted by Gasteiger charge is -2.21. The van der Waals surface area contributed by atoms with Gasteiger partial charge < -0.3 is 4.90 Å². The van der Waals surface area contributed by atoms with Gasteiger partial charge in [-0.25, -0.2) is 0 Å². The van der Waals surface area contributed by atoms with Crippen LogP contribution in [0.5, 0.6) is 0 Å². The zero-order valence-electron chi connectivity index (χ0n) is 15.0. The second-order valence-electron chi connectivity index (χ2n) is 5.87. The van der Waals surface area contributed by atoms with Gasteiger partial charge in [-0.15, -0.1) is 10.2 Å². The van der Waals surface area contributed by atoms with Crippen LogP contribution in [0, 0.1) is 13.8 Å². The number of aromatic nitrogens is 3. The summed E-state index contributed by atoms with van der Waals surface area (Å²) in [6.07, 6.45) is 1.96. The Hall–Kier alpha value is -1.82. The summed E-state index contributed by atoms with van der Waals surface area (Å²) in [5.74, 6) is 1.39.